The molecule has 0 rings (SSSR count). The number of hydrogen-bond acceptors (Lipinski definition) is 4. The lowest BCUT2D eigenvalue weighted by Gasteiger charge is -2.34. The molecule has 4 heteroatoms. The second kappa shape index (κ2) is 15.7. The molecular weight excluding hydrogens is 308 g/mol. The van der Waals surface area contributed by atoms with E-state index in [0.29, 0.717) is 26.2 Å². The summed E-state index contributed by atoms with van der Waals surface area (Å²) in [6, 6.07) is 0. The quantitative estimate of drug-likeness (QED) is 0.199. The van der Waals surface area contributed by atoms with Gasteiger partial charge in [-0.3, -0.25) is 0 Å². The topological polar surface area (TPSA) is 27.7 Å². The molecule has 0 fully saturated rings. The van der Waals surface area contributed by atoms with Crippen molar-refractivity contribution >= 4 is 12.6 Å². The summed E-state index contributed by atoms with van der Waals surface area (Å²) in [5, 5.41) is 0.250. The summed E-state index contributed by atoms with van der Waals surface area (Å²) in [5.41, 5.74) is 0. The molecule has 0 radical (unpaired) electrons. The van der Waals surface area contributed by atoms with Crippen LogP contribution in [0.25, 0.3) is 0 Å². The van der Waals surface area contributed by atoms with Gasteiger partial charge in [-0.15, -0.1) is 0 Å². The van der Waals surface area contributed by atoms with E-state index >= 15 is 0 Å². The average Bonchev–Trinajstić information content (AvgIpc) is 2.50. The van der Waals surface area contributed by atoms with Gasteiger partial charge in [-0.05, 0) is 27.2 Å². The summed E-state index contributed by atoms with van der Waals surface area (Å²) in [6.07, 6.45) is 12.5. The van der Waals surface area contributed by atoms with Crippen LogP contribution >= 0.6 is 12.6 Å². The monoisotopic (exact) mass is 348 g/mol. The van der Waals surface area contributed by atoms with Crippen LogP contribution in [0.3, 0.4) is 0 Å². The first kappa shape index (κ1) is 23.2. The Morgan fingerprint density at radius 3 is 1.57 bits per heavy atom. The van der Waals surface area contributed by atoms with Crippen LogP contribution in [0.15, 0.2) is 0 Å². The maximum atomic E-state index is 5.77. The minimum Gasteiger partial charge on any atom is -0.328 e. The molecule has 0 aromatic carbocycles. The van der Waals surface area contributed by atoms with E-state index in [1.165, 1.54) is 51.4 Å². The molecule has 0 aliphatic rings. The molecule has 0 saturated heterocycles. The van der Waals surface area contributed by atoms with Crippen LogP contribution in [0, 0.1) is 0 Å². The van der Waals surface area contributed by atoms with Crippen LogP contribution in [0.2, 0.25) is 0 Å². The smallest absolute Gasteiger partial charge is 0.283 e. The summed E-state index contributed by atoms with van der Waals surface area (Å²) in [7, 11) is 0. The van der Waals surface area contributed by atoms with Crippen molar-refractivity contribution in [3.63, 3.8) is 0 Å². The molecular formula is C19H40O3S. The van der Waals surface area contributed by atoms with Crippen LogP contribution < -0.4 is 0 Å². The molecule has 0 bridgehead atoms. The van der Waals surface area contributed by atoms with Gasteiger partial charge in [0.15, 0.2) is 0 Å². The standard InChI is InChI=1S/C19H40O3S/c1-5-9-10-11-12-13-14-15-16-18(23)17-19(20-6-2,21-7-3)22-8-4/h18,23H,5-17H2,1-4H3. The largest absolute Gasteiger partial charge is 0.328 e. The van der Waals surface area contributed by atoms with E-state index in [-0.39, 0.29) is 5.25 Å². The SMILES string of the molecule is CCCCCCCCCCC(S)CC(OCC)(OCC)OCC. The van der Waals surface area contributed by atoms with Crippen molar-refractivity contribution < 1.29 is 14.2 Å². The minimum atomic E-state index is -0.912. The summed E-state index contributed by atoms with van der Waals surface area (Å²) >= 11 is 4.73. The van der Waals surface area contributed by atoms with E-state index in [2.05, 4.69) is 6.92 Å². The molecule has 1 atom stereocenters. The molecule has 0 aromatic heterocycles. The zero-order chi connectivity index (χ0) is 17.4. The van der Waals surface area contributed by atoms with Gasteiger partial charge >= 0.3 is 0 Å². The average molecular weight is 349 g/mol. The Balaban J connectivity index is 3.95. The van der Waals surface area contributed by atoms with Gasteiger partial charge in [-0.2, -0.15) is 12.6 Å². The van der Waals surface area contributed by atoms with Crippen LogP contribution in [-0.4, -0.2) is 31.0 Å². The molecule has 0 spiro atoms. The third-order valence-electron chi connectivity index (χ3n) is 3.97. The fourth-order valence-corrected chi connectivity index (χ4v) is 3.27. The van der Waals surface area contributed by atoms with Gasteiger partial charge in [0.05, 0.1) is 0 Å². The van der Waals surface area contributed by atoms with E-state index in [9.17, 15) is 0 Å². The predicted molar refractivity (Wildman–Crippen MR) is 102 cm³/mol. The summed E-state index contributed by atoms with van der Waals surface area (Å²) in [5.74, 6) is -0.912. The van der Waals surface area contributed by atoms with Crippen LogP contribution in [0.1, 0.15) is 91.9 Å². The summed E-state index contributed by atoms with van der Waals surface area (Å²) in [4.78, 5) is 0. The van der Waals surface area contributed by atoms with Crippen LogP contribution in [0.4, 0.5) is 0 Å². The van der Waals surface area contributed by atoms with Crippen molar-refractivity contribution in [1.29, 1.82) is 0 Å². The maximum absolute atomic E-state index is 5.77. The number of thiol groups is 1. The second-order valence-electron chi connectivity index (χ2n) is 6.10. The van der Waals surface area contributed by atoms with E-state index < -0.39 is 5.97 Å². The first-order valence-electron chi connectivity index (χ1n) is 9.74. The van der Waals surface area contributed by atoms with E-state index in [0.717, 1.165) is 6.42 Å². The van der Waals surface area contributed by atoms with Gasteiger partial charge < -0.3 is 14.2 Å². The third-order valence-corrected chi connectivity index (χ3v) is 4.41. The molecule has 0 aliphatic carbocycles. The fourth-order valence-electron chi connectivity index (χ4n) is 2.87. The Bertz CT molecular complexity index is 232. The van der Waals surface area contributed by atoms with Gasteiger partial charge in [-0.25, -0.2) is 0 Å². The lowest BCUT2D eigenvalue weighted by Crippen LogP contribution is -2.41. The zero-order valence-electron chi connectivity index (χ0n) is 15.9. The van der Waals surface area contributed by atoms with Crippen molar-refractivity contribution in [2.45, 2.75) is 103 Å². The predicted octanol–water partition coefficient (Wildman–Crippen LogP) is 5.97. The van der Waals surface area contributed by atoms with Crippen LogP contribution in [-0.2, 0) is 14.2 Å². The van der Waals surface area contributed by atoms with Gasteiger partial charge in [0.1, 0.15) is 0 Å². The highest BCUT2D eigenvalue weighted by Gasteiger charge is 2.34. The Labute approximate surface area is 150 Å². The molecule has 0 N–H and O–H groups in total. The lowest BCUT2D eigenvalue weighted by molar-refractivity contribution is -0.379. The molecule has 3 nitrogen and oxygen atoms in total. The second-order valence-corrected chi connectivity index (χ2v) is 6.83. The Morgan fingerprint density at radius 1 is 0.696 bits per heavy atom. The highest BCUT2D eigenvalue weighted by atomic mass is 32.1. The Hall–Kier alpha value is 0.230. The molecule has 0 heterocycles. The number of rotatable bonds is 17. The highest BCUT2D eigenvalue weighted by Crippen LogP contribution is 2.27. The van der Waals surface area contributed by atoms with E-state index in [1.54, 1.807) is 0 Å². The molecule has 0 saturated carbocycles. The first-order chi connectivity index (χ1) is 11.1. The van der Waals surface area contributed by atoms with Crippen molar-refractivity contribution in [2.75, 3.05) is 19.8 Å². The highest BCUT2D eigenvalue weighted by molar-refractivity contribution is 7.80. The van der Waals surface area contributed by atoms with Crippen molar-refractivity contribution in [2.24, 2.45) is 0 Å². The maximum Gasteiger partial charge on any atom is 0.283 e. The minimum absolute atomic E-state index is 0.250. The molecule has 1 unspecified atom stereocenters. The van der Waals surface area contributed by atoms with Crippen molar-refractivity contribution in [3.05, 3.63) is 0 Å². The summed E-state index contributed by atoms with van der Waals surface area (Å²) < 4.78 is 17.3. The lowest BCUT2D eigenvalue weighted by atomic mass is 10.1. The van der Waals surface area contributed by atoms with E-state index in [1.807, 2.05) is 20.8 Å². The molecule has 0 aromatic rings. The number of hydrogen-bond donors (Lipinski definition) is 1. The molecule has 140 valence electrons. The zero-order valence-corrected chi connectivity index (χ0v) is 16.8. The first-order valence-corrected chi connectivity index (χ1v) is 10.3. The van der Waals surface area contributed by atoms with Gasteiger partial charge in [-0.1, -0.05) is 58.3 Å². The summed E-state index contributed by atoms with van der Waals surface area (Å²) in [6.45, 7) is 9.92. The number of unbranched alkanes of at least 4 members (excludes halogenated alkanes) is 7. The van der Waals surface area contributed by atoms with Gasteiger partial charge in [0, 0.05) is 31.5 Å². The third kappa shape index (κ3) is 12.3. The van der Waals surface area contributed by atoms with Gasteiger partial charge in [0.2, 0.25) is 0 Å². The van der Waals surface area contributed by atoms with Crippen molar-refractivity contribution in [1.82, 2.24) is 0 Å². The van der Waals surface area contributed by atoms with E-state index in [4.69, 9.17) is 26.8 Å². The Morgan fingerprint density at radius 2 is 1.13 bits per heavy atom. The van der Waals surface area contributed by atoms with Crippen molar-refractivity contribution in [3.8, 4) is 0 Å². The normalized spacial score (nSPS) is 13.4. The van der Waals surface area contributed by atoms with Gasteiger partial charge in [0.25, 0.3) is 5.97 Å². The molecule has 0 aliphatic heterocycles. The fraction of sp³-hybridized carbons (Fsp3) is 1.00. The number of ether oxygens (including phenoxy) is 3. The molecule has 23 heavy (non-hydrogen) atoms. The molecule has 0 amide bonds. The van der Waals surface area contributed by atoms with Crippen LogP contribution in [0.5, 0.6) is 0 Å². The Kier molecular flexibility index (Phi) is 15.9.